The van der Waals surface area contributed by atoms with Gasteiger partial charge < -0.3 is 0 Å². The van der Waals surface area contributed by atoms with Gasteiger partial charge in [-0.15, -0.1) is 0 Å². The Hall–Kier alpha value is -11.0. The maximum Gasteiger partial charge on any atom is 0.164 e. The van der Waals surface area contributed by atoms with Crippen LogP contribution in [0.15, 0.2) is 219 Å². The zero-order valence-electron chi connectivity index (χ0n) is 74.9. The summed E-state index contributed by atoms with van der Waals surface area (Å²) in [6.45, 7) is 40.8. The molecule has 0 aliphatic carbocycles. The molecule has 0 spiro atoms. The van der Waals surface area contributed by atoms with E-state index < -0.39 is 0 Å². The summed E-state index contributed by atoms with van der Waals surface area (Å²) in [4.78, 5) is 63.1. The smallest absolute Gasteiger partial charge is 0.164 e. The fourth-order valence-corrected chi connectivity index (χ4v) is 18.9. The predicted molar refractivity (Wildman–Crippen MR) is 501 cm³/mol. The number of aromatic nitrogens is 12. The third-order valence-electron chi connectivity index (χ3n) is 29.1. The number of benzene rings is 7. The Labute approximate surface area is 716 Å². The zero-order chi connectivity index (χ0) is 85.0. The van der Waals surface area contributed by atoms with E-state index in [1.54, 1.807) is 0 Å². The number of hydrogen-bond donors (Lipinski definition) is 0. The second-order valence-electron chi connectivity index (χ2n) is 33.4. The van der Waals surface area contributed by atoms with Crippen molar-refractivity contribution in [2.75, 3.05) is 0 Å². The molecule has 0 radical (unpaired) electrons. The van der Waals surface area contributed by atoms with E-state index in [1.165, 1.54) is 0 Å². The minimum Gasteiger partial charge on any atom is -0.255 e. The van der Waals surface area contributed by atoms with Gasteiger partial charge in [0.15, 0.2) is 17.5 Å². The monoisotopic (exact) mass is 1590 g/mol. The van der Waals surface area contributed by atoms with Gasteiger partial charge in [0.2, 0.25) is 0 Å². The molecule has 12 heteroatoms. The minimum atomic E-state index is -0.129. The van der Waals surface area contributed by atoms with Crippen molar-refractivity contribution in [1.29, 1.82) is 0 Å². The first-order chi connectivity index (χ1) is 58.4. The van der Waals surface area contributed by atoms with Crippen LogP contribution >= 0.6 is 0 Å². The van der Waals surface area contributed by atoms with Gasteiger partial charge in [0.1, 0.15) is 34.9 Å². The van der Waals surface area contributed by atoms with E-state index in [0.29, 0.717) is 17.5 Å². The summed E-state index contributed by atoms with van der Waals surface area (Å²) in [6.07, 6.45) is 23.1. The van der Waals surface area contributed by atoms with Crippen molar-refractivity contribution in [3.8, 4) is 135 Å². The van der Waals surface area contributed by atoms with Gasteiger partial charge >= 0.3 is 0 Å². The Morgan fingerprint density at radius 3 is 0.483 bits per heavy atom. The van der Waals surface area contributed by atoms with Crippen molar-refractivity contribution < 1.29 is 0 Å². The first-order valence-electron chi connectivity index (χ1n) is 45.3. The van der Waals surface area contributed by atoms with Crippen LogP contribution in [0.2, 0.25) is 0 Å². The molecule has 0 aliphatic rings. The summed E-state index contributed by atoms with van der Waals surface area (Å²) in [5.41, 5.74) is 21.0. The number of hydrogen-bond acceptors (Lipinski definition) is 12. The quantitative estimate of drug-likeness (QED) is 0.0367. The highest BCUT2D eigenvalue weighted by Crippen LogP contribution is 2.47. The maximum atomic E-state index is 5.34. The van der Waals surface area contributed by atoms with Gasteiger partial charge in [-0.3, -0.25) is 15.0 Å². The lowest BCUT2D eigenvalue weighted by Crippen LogP contribution is -2.32. The van der Waals surface area contributed by atoms with Gasteiger partial charge in [-0.1, -0.05) is 270 Å². The van der Waals surface area contributed by atoms with Gasteiger partial charge in [-0.05, 0) is 237 Å². The van der Waals surface area contributed by atoms with Crippen LogP contribution in [-0.4, -0.2) is 59.8 Å². The molecule has 0 bridgehead atoms. The van der Waals surface area contributed by atoms with Crippen molar-refractivity contribution >= 4 is 0 Å². The second kappa shape index (κ2) is 37.8. The average Bonchev–Trinajstić information content (AvgIpc) is 0.779. The Morgan fingerprint density at radius 2 is 0.325 bits per heavy atom. The highest BCUT2D eigenvalue weighted by atomic mass is 15.1. The largest absolute Gasteiger partial charge is 0.255 e. The molecule has 7 aromatic carbocycles. The molecule has 0 aliphatic heterocycles. The van der Waals surface area contributed by atoms with Crippen molar-refractivity contribution in [3.63, 3.8) is 0 Å². The summed E-state index contributed by atoms with van der Waals surface area (Å²) >= 11 is 0. The van der Waals surface area contributed by atoms with Gasteiger partial charge in [0.25, 0.3) is 0 Å². The first-order valence-corrected chi connectivity index (χ1v) is 45.3. The van der Waals surface area contributed by atoms with E-state index in [1.807, 2.05) is 18.6 Å². The Morgan fingerprint density at radius 1 is 0.167 bits per heavy atom. The molecule has 0 saturated carbocycles. The van der Waals surface area contributed by atoms with Crippen LogP contribution < -0.4 is 0 Å². The standard InChI is InChI=1S/C108H126N12/c1-19-103(20-2,21-3)97-112-94(113-98(118-97)104(22-4,23-5)24-6)79-61-64-91(109-70-79)76-55-49-73(50-56-76)85-43-37-40-46-88(85)82-67-83(89-47-41-38-44-86(89)74-51-57-77(58-52-74)92-65-62-80(71-110-92)95-114-99(105(25-7,26-8)27-9)119-100(115-95)106(28-10,29-11)30-12)69-84(68-82)90-48-42-39-45-87(90)75-53-59-78(60-54-75)93-66-63-81(72-111-93)96-116-101(107(31-13,32-14)33-15)120-102(117-96)108(34-16,35-17)36-18/h37-72H,19-36H2,1-18H3. The zero-order valence-corrected chi connectivity index (χ0v) is 74.9. The Kier molecular flexibility index (Phi) is 27.3. The predicted octanol–water partition coefficient (Wildman–Crippen LogP) is 29.2. The lowest BCUT2D eigenvalue weighted by Gasteiger charge is -2.33. The van der Waals surface area contributed by atoms with Crippen LogP contribution in [0.1, 0.15) is 275 Å². The molecular formula is C108H126N12. The van der Waals surface area contributed by atoms with E-state index in [9.17, 15) is 0 Å². The van der Waals surface area contributed by atoms with E-state index in [-0.39, 0.29) is 32.5 Å². The molecule has 120 heavy (non-hydrogen) atoms. The van der Waals surface area contributed by atoms with Crippen molar-refractivity contribution in [1.82, 2.24) is 59.8 Å². The number of rotatable bonds is 36. The fourth-order valence-electron chi connectivity index (χ4n) is 18.9. The molecule has 0 fully saturated rings. The van der Waals surface area contributed by atoms with Gasteiger partial charge in [-0.2, -0.15) is 0 Å². The molecule has 0 saturated heterocycles. The molecule has 0 unspecified atom stereocenters. The van der Waals surface area contributed by atoms with Crippen LogP contribution in [0.3, 0.4) is 0 Å². The third-order valence-corrected chi connectivity index (χ3v) is 29.1. The van der Waals surface area contributed by atoms with Crippen LogP contribution in [0.25, 0.3) is 135 Å². The van der Waals surface area contributed by atoms with E-state index in [0.717, 1.165) is 268 Å². The molecule has 13 aromatic rings. The molecule has 13 rings (SSSR count). The van der Waals surface area contributed by atoms with Crippen LogP contribution in [0, 0.1) is 0 Å². The van der Waals surface area contributed by atoms with Crippen LogP contribution in [0.4, 0.5) is 0 Å². The Balaban J connectivity index is 0.865. The molecule has 12 nitrogen and oxygen atoms in total. The summed E-state index contributed by atoms with van der Waals surface area (Å²) in [6, 6.07) is 73.0. The summed E-state index contributed by atoms with van der Waals surface area (Å²) < 4.78 is 0. The SMILES string of the molecule is CCC(CC)(CC)c1nc(-c2ccc(-c3ccc(-c4ccccc4-c4cc(-c5ccccc5-c5ccc(-c6ccc(-c7nc(C(CC)(CC)CC)nc(C(CC)(CC)CC)n7)cn6)cc5)cc(-c5ccccc5-c5ccc(-c6ccc(-c7nc(C(CC)(CC)CC)nc(C(CC)(CC)CC)n7)cn6)cc5)c4)cc3)nc2)nc(C(CC)(CC)CC)n1. The second-order valence-corrected chi connectivity index (χ2v) is 33.4. The van der Waals surface area contributed by atoms with E-state index in [4.69, 9.17) is 59.8 Å². The lowest BCUT2D eigenvalue weighted by molar-refractivity contribution is 0.330. The first kappa shape index (κ1) is 86.9. The molecule has 0 N–H and O–H groups in total. The topological polar surface area (TPSA) is 155 Å². The summed E-state index contributed by atoms with van der Waals surface area (Å²) in [5.74, 6) is 7.51. The van der Waals surface area contributed by atoms with Crippen LogP contribution in [-0.2, 0) is 32.5 Å². The molecule has 0 atom stereocenters. The summed E-state index contributed by atoms with van der Waals surface area (Å²) in [7, 11) is 0. The minimum absolute atomic E-state index is 0.129. The highest BCUT2D eigenvalue weighted by Gasteiger charge is 2.40. The molecular weight excluding hydrogens is 1470 g/mol. The van der Waals surface area contributed by atoms with Gasteiger partial charge in [0, 0.05) is 84.5 Å². The lowest BCUT2D eigenvalue weighted by atomic mass is 9.77. The molecule has 6 aromatic heterocycles. The van der Waals surface area contributed by atoms with Crippen molar-refractivity contribution in [2.24, 2.45) is 0 Å². The maximum absolute atomic E-state index is 5.34. The van der Waals surface area contributed by atoms with E-state index >= 15 is 0 Å². The van der Waals surface area contributed by atoms with E-state index in [2.05, 4.69) is 325 Å². The Bertz CT molecular complexity index is 4860. The van der Waals surface area contributed by atoms with Crippen LogP contribution in [0.5, 0.6) is 0 Å². The normalized spacial score (nSPS) is 12.3. The third kappa shape index (κ3) is 16.7. The number of pyridine rings is 3. The molecule has 6 heterocycles. The molecule has 618 valence electrons. The van der Waals surface area contributed by atoms with Gasteiger partial charge in [-0.25, -0.2) is 44.9 Å². The summed E-state index contributed by atoms with van der Waals surface area (Å²) in [5, 5.41) is 0. The van der Waals surface area contributed by atoms with Crippen molar-refractivity contribution in [2.45, 2.75) is 273 Å². The van der Waals surface area contributed by atoms with Gasteiger partial charge in [0.05, 0.1) is 17.1 Å². The molecule has 0 amide bonds. The highest BCUT2D eigenvalue weighted by molar-refractivity contribution is 5.95. The fraction of sp³-hybridized carbons (Fsp3) is 0.389. The van der Waals surface area contributed by atoms with Crippen molar-refractivity contribution in [3.05, 3.63) is 254 Å². The number of nitrogens with zero attached hydrogens (tertiary/aromatic N) is 12. The average molecular weight is 1590 g/mol.